The Balaban J connectivity index is 2.68. The number of hydrogen-bond acceptors (Lipinski definition) is 4. The SMILES string of the molecule is CNC1(C(N)=O)CCC(N(CCOC)CC(C)C)C1. The summed E-state index contributed by atoms with van der Waals surface area (Å²) >= 11 is 0. The van der Waals surface area contributed by atoms with Crippen LogP contribution in [-0.4, -0.2) is 56.2 Å². The van der Waals surface area contributed by atoms with E-state index in [-0.39, 0.29) is 5.91 Å². The summed E-state index contributed by atoms with van der Waals surface area (Å²) < 4.78 is 5.19. The largest absolute Gasteiger partial charge is 0.383 e. The number of nitrogens with zero attached hydrogens (tertiary/aromatic N) is 1. The first kappa shape index (κ1) is 16.4. The van der Waals surface area contributed by atoms with Crippen molar-refractivity contribution in [2.45, 2.75) is 44.7 Å². The van der Waals surface area contributed by atoms with Gasteiger partial charge in [-0.1, -0.05) is 13.8 Å². The molecule has 5 nitrogen and oxygen atoms in total. The van der Waals surface area contributed by atoms with Crippen LogP contribution in [0, 0.1) is 5.92 Å². The molecule has 0 aromatic carbocycles. The van der Waals surface area contributed by atoms with Crippen molar-refractivity contribution in [2.24, 2.45) is 11.7 Å². The van der Waals surface area contributed by atoms with E-state index in [1.165, 1.54) is 0 Å². The molecule has 0 radical (unpaired) electrons. The number of primary amides is 1. The van der Waals surface area contributed by atoms with Gasteiger partial charge in [0.25, 0.3) is 0 Å². The third kappa shape index (κ3) is 4.16. The van der Waals surface area contributed by atoms with E-state index in [4.69, 9.17) is 10.5 Å². The van der Waals surface area contributed by atoms with E-state index in [2.05, 4.69) is 24.1 Å². The summed E-state index contributed by atoms with van der Waals surface area (Å²) in [7, 11) is 3.55. The van der Waals surface area contributed by atoms with Crippen molar-refractivity contribution in [2.75, 3.05) is 33.9 Å². The van der Waals surface area contributed by atoms with Crippen LogP contribution in [0.25, 0.3) is 0 Å². The fraction of sp³-hybridized carbons (Fsp3) is 0.929. The lowest BCUT2D eigenvalue weighted by Crippen LogP contribution is -2.53. The summed E-state index contributed by atoms with van der Waals surface area (Å²) in [5.41, 5.74) is 5.04. The van der Waals surface area contributed by atoms with Crippen LogP contribution in [0.3, 0.4) is 0 Å². The molecule has 19 heavy (non-hydrogen) atoms. The molecule has 2 unspecified atom stereocenters. The molecule has 2 atom stereocenters. The highest BCUT2D eigenvalue weighted by Crippen LogP contribution is 2.33. The van der Waals surface area contributed by atoms with Gasteiger partial charge < -0.3 is 15.8 Å². The second kappa shape index (κ2) is 7.22. The molecule has 1 saturated carbocycles. The molecule has 1 aliphatic rings. The third-order valence-electron chi connectivity index (χ3n) is 4.14. The van der Waals surface area contributed by atoms with Crippen LogP contribution in [0.4, 0.5) is 0 Å². The Morgan fingerprint density at radius 2 is 2.26 bits per heavy atom. The van der Waals surface area contributed by atoms with Crippen molar-refractivity contribution in [1.82, 2.24) is 10.2 Å². The van der Waals surface area contributed by atoms with Gasteiger partial charge in [0.15, 0.2) is 0 Å². The summed E-state index contributed by atoms with van der Waals surface area (Å²) in [5.74, 6) is 0.378. The average molecular weight is 271 g/mol. The second-order valence-corrected chi connectivity index (χ2v) is 5.97. The standard InChI is InChI=1S/C14H29N3O2/c1-11(2)10-17(7-8-19-4)12-5-6-14(9-12,16-3)13(15)18/h11-12,16H,5-10H2,1-4H3,(H2,15,18). The van der Waals surface area contributed by atoms with E-state index >= 15 is 0 Å². The van der Waals surface area contributed by atoms with Crippen molar-refractivity contribution < 1.29 is 9.53 Å². The van der Waals surface area contributed by atoms with Crippen molar-refractivity contribution in [3.8, 4) is 0 Å². The zero-order valence-corrected chi connectivity index (χ0v) is 12.7. The summed E-state index contributed by atoms with van der Waals surface area (Å²) in [4.78, 5) is 14.1. The lowest BCUT2D eigenvalue weighted by Gasteiger charge is -2.32. The number of ether oxygens (including phenoxy) is 1. The molecule has 112 valence electrons. The molecule has 3 N–H and O–H groups in total. The normalized spacial score (nSPS) is 27.4. The molecule has 0 heterocycles. The van der Waals surface area contributed by atoms with Crippen LogP contribution in [0.15, 0.2) is 0 Å². The van der Waals surface area contributed by atoms with Crippen LogP contribution in [0.5, 0.6) is 0 Å². The Labute approximate surface area is 116 Å². The minimum atomic E-state index is -0.521. The van der Waals surface area contributed by atoms with Gasteiger partial charge in [0.2, 0.25) is 5.91 Å². The number of nitrogens with one attached hydrogen (secondary N) is 1. The van der Waals surface area contributed by atoms with Gasteiger partial charge in [0, 0.05) is 26.2 Å². The Morgan fingerprint density at radius 1 is 1.58 bits per heavy atom. The molecule has 0 aliphatic heterocycles. The van der Waals surface area contributed by atoms with Gasteiger partial charge >= 0.3 is 0 Å². The Bertz CT molecular complexity index is 296. The number of nitrogens with two attached hydrogens (primary N) is 1. The number of methoxy groups -OCH3 is 1. The van der Waals surface area contributed by atoms with Crippen LogP contribution in [-0.2, 0) is 9.53 Å². The maximum atomic E-state index is 11.7. The number of carbonyl (C=O) groups is 1. The minimum Gasteiger partial charge on any atom is -0.383 e. The molecular weight excluding hydrogens is 242 g/mol. The first-order chi connectivity index (χ1) is 8.95. The van der Waals surface area contributed by atoms with E-state index in [1.54, 1.807) is 7.11 Å². The first-order valence-corrected chi connectivity index (χ1v) is 7.17. The van der Waals surface area contributed by atoms with Crippen LogP contribution < -0.4 is 11.1 Å². The lowest BCUT2D eigenvalue weighted by molar-refractivity contribution is -0.124. The summed E-state index contributed by atoms with van der Waals surface area (Å²) in [5, 5.41) is 3.14. The first-order valence-electron chi connectivity index (χ1n) is 7.17. The van der Waals surface area contributed by atoms with Crippen LogP contribution >= 0.6 is 0 Å². The summed E-state index contributed by atoms with van der Waals surface area (Å²) in [6, 6.07) is 0.414. The molecular formula is C14H29N3O2. The number of rotatable bonds is 8. The van der Waals surface area contributed by atoms with Gasteiger partial charge in [-0.3, -0.25) is 9.69 Å². The van der Waals surface area contributed by atoms with Crippen molar-refractivity contribution >= 4 is 5.91 Å². The van der Waals surface area contributed by atoms with Crippen molar-refractivity contribution in [3.05, 3.63) is 0 Å². The van der Waals surface area contributed by atoms with E-state index < -0.39 is 5.54 Å². The van der Waals surface area contributed by atoms with Gasteiger partial charge in [-0.05, 0) is 32.2 Å². The molecule has 1 rings (SSSR count). The van der Waals surface area contributed by atoms with Gasteiger partial charge in [-0.25, -0.2) is 0 Å². The maximum absolute atomic E-state index is 11.7. The molecule has 0 bridgehead atoms. The molecule has 0 spiro atoms. The highest BCUT2D eigenvalue weighted by atomic mass is 16.5. The van der Waals surface area contributed by atoms with Gasteiger partial charge in [0.05, 0.1) is 12.1 Å². The Hall–Kier alpha value is -0.650. The monoisotopic (exact) mass is 271 g/mol. The van der Waals surface area contributed by atoms with Crippen molar-refractivity contribution in [3.63, 3.8) is 0 Å². The fourth-order valence-corrected chi connectivity index (χ4v) is 3.01. The van der Waals surface area contributed by atoms with E-state index in [0.717, 1.165) is 39.0 Å². The van der Waals surface area contributed by atoms with Crippen LogP contribution in [0.1, 0.15) is 33.1 Å². The quantitative estimate of drug-likeness (QED) is 0.678. The lowest BCUT2D eigenvalue weighted by atomic mass is 9.96. The Morgan fingerprint density at radius 3 is 2.68 bits per heavy atom. The molecule has 0 saturated heterocycles. The molecule has 1 aliphatic carbocycles. The summed E-state index contributed by atoms with van der Waals surface area (Å²) in [6.45, 7) is 7.11. The zero-order valence-electron chi connectivity index (χ0n) is 12.7. The number of carbonyl (C=O) groups excluding carboxylic acids is 1. The molecule has 1 amide bonds. The number of amides is 1. The van der Waals surface area contributed by atoms with E-state index in [0.29, 0.717) is 12.0 Å². The second-order valence-electron chi connectivity index (χ2n) is 5.97. The fourth-order valence-electron chi connectivity index (χ4n) is 3.01. The predicted octanol–water partition coefficient (Wildman–Crippen LogP) is 0.587. The molecule has 0 aromatic rings. The van der Waals surface area contributed by atoms with Crippen molar-refractivity contribution in [1.29, 1.82) is 0 Å². The highest BCUT2D eigenvalue weighted by Gasteiger charge is 2.44. The molecule has 5 heteroatoms. The zero-order chi connectivity index (χ0) is 14.5. The minimum absolute atomic E-state index is 0.228. The molecule has 1 fully saturated rings. The summed E-state index contributed by atoms with van der Waals surface area (Å²) in [6.07, 6.45) is 2.64. The smallest absolute Gasteiger partial charge is 0.237 e. The van der Waals surface area contributed by atoms with Gasteiger partial charge in [-0.15, -0.1) is 0 Å². The Kier molecular flexibility index (Phi) is 6.23. The van der Waals surface area contributed by atoms with E-state index in [1.807, 2.05) is 7.05 Å². The predicted molar refractivity (Wildman–Crippen MR) is 76.9 cm³/mol. The van der Waals surface area contributed by atoms with Gasteiger partial charge in [0.1, 0.15) is 0 Å². The average Bonchev–Trinajstić information content (AvgIpc) is 2.79. The number of hydrogen-bond donors (Lipinski definition) is 2. The molecule has 0 aromatic heterocycles. The maximum Gasteiger partial charge on any atom is 0.237 e. The van der Waals surface area contributed by atoms with Crippen LogP contribution in [0.2, 0.25) is 0 Å². The number of likely N-dealkylation sites (N-methyl/N-ethyl adjacent to an activating group) is 1. The van der Waals surface area contributed by atoms with Gasteiger partial charge in [-0.2, -0.15) is 0 Å². The highest BCUT2D eigenvalue weighted by molar-refractivity contribution is 5.85. The van der Waals surface area contributed by atoms with E-state index in [9.17, 15) is 4.79 Å². The third-order valence-corrected chi connectivity index (χ3v) is 4.14. The topological polar surface area (TPSA) is 67.6 Å².